The van der Waals surface area contributed by atoms with Crippen molar-refractivity contribution in [3.8, 4) is 0 Å². The zero-order valence-electron chi connectivity index (χ0n) is 11.8. The average molecular weight is 258 g/mol. The number of carbonyl (C=O) groups is 2. The van der Waals surface area contributed by atoms with Crippen molar-refractivity contribution >= 4 is 12.0 Å². The van der Waals surface area contributed by atoms with Crippen molar-refractivity contribution in [2.75, 3.05) is 0 Å². The number of unbranched alkanes of at least 4 members (excludes halogenated alkanes) is 2. The van der Waals surface area contributed by atoms with Gasteiger partial charge in [-0.15, -0.1) is 0 Å². The van der Waals surface area contributed by atoms with Crippen LogP contribution < -0.4 is 10.6 Å². The summed E-state index contributed by atoms with van der Waals surface area (Å²) >= 11 is 0. The molecule has 0 aliphatic carbocycles. The molecule has 5 heteroatoms. The first kappa shape index (κ1) is 16.7. The molecule has 0 bridgehead atoms. The second-order valence-electron chi connectivity index (χ2n) is 5.07. The molecule has 2 unspecified atom stereocenters. The first-order valence-corrected chi connectivity index (χ1v) is 6.68. The Balaban J connectivity index is 4.04. The molecule has 5 nitrogen and oxygen atoms in total. The van der Waals surface area contributed by atoms with E-state index in [1.165, 1.54) is 0 Å². The molecule has 106 valence electrons. The van der Waals surface area contributed by atoms with E-state index in [4.69, 9.17) is 5.11 Å². The number of amides is 2. The topological polar surface area (TPSA) is 78.4 Å². The third-order valence-corrected chi connectivity index (χ3v) is 2.84. The Morgan fingerprint density at radius 3 is 2.17 bits per heavy atom. The van der Waals surface area contributed by atoms with Crippen molar-refractivity contribution in [2.45, 2.75) is 65.5 Å². The fourth-order valence-electron chi connectivity index (χ4n) is 1.69. The fourth-order valence-corrected chi connectivity index (χ4v) is 1.69. The minimum Gasteiger partial charge on any atom is -0.480 e. The summed E-state index contributed by atoms with van der Waals surface area (Å²) in [5.74, 6) is -1.14. The monoisotopic (exact) mass is 258 g/mol. The van der Waals surface area contributed by atoms with Gasteiger partial charge >= 0.3 is 12.0 Å². The minimum absolute atomic E-state index is 0.0677. The number of aliphatic carboxylic acids is 1. The maximum absolute atomic E-state index is 11.6. The van der Waals surface area contributed by atoms with Crippen LogP contribution in [0.1, 0.15) is 53.4 Å². The second-order valence-corrected chi connectivity index (χ2v) is 5.07. The average Bonchev–Trinajstić information content (AvgIpc) is 2.25. The number of hydrogen-bond acceptors (Lipinski definition) is 2. The molecule has 0 aliphatic heterocycles. The molecule has 0 aromatic heterocycles. The van der Waals surface area contributed by atoms with Gasteiger partial charge in [0.1, 0.15) is 6.04 Å². The Labute approximate surface area is 109 Å². The highest BCUT2D eigenvalue weighted by Crippen LogP contribution is 2.04. The molecule has 0 saturated heterocycles. The van der Waals surface area contributed by atoms with Crippen LogP contribution in [0.2, 0.25) is 0 Å². The zero-order valence-corrected chi connectivity index (χ0v) is 11.8. The highest BCUT2D eigenvalue weighted by Gasteiger charge is 2.23. The molecule has 0 aromatic rings. The smallest absolute Gasteiger partial charge is 0.326 e. The van der Waals surface area contributed by atoms with E-state index < -0.39 is 18.0 Å². The maximum atomic E-state index is 11.6. The summed E-state index contributed by atoms with van der Waals surface area (Å²) in [5.41, 5.74) is 0. The molecule has 0 rings (SSSR count). The Hall–Kier alpha value is -1.26. The van der Waals surface area contributed by atoms with Crippen LogP contribution >= 0.6 is 0 Å². The summed E-state index contributed by atoms with van der Waals surface area (Å²) in [6.45, 7) is 7.60. The van der Waals surface area contributed by atoms with Gasteiger partial charge in [0.15, 0.2) is 0 Å². The normalized spacial score (nSPS) is 14.1. The molecular weight excluding hydrogens is 232 g/mol. The van der Waals surface area contributed by atoms with Gasteiger partial charge in [0.2, 0.25) is 0 Å². The molecule has 0 radical (unpaired) electrons. The second kappa shape index (κ2) is 8.78. The summed E-state index contributed by atoms with van der Waals surface area (Å²) in [7, 11) is 0. The van der Waals surface area contributed by atoms with E-state index in [1.807, 2.05) is 6.92 Å². The Morgan fingerprint density at radius 2 is 1.72 bits per heavy atom. The fraction of sp³-hybridized carbons (Fsp3) is 0.846. The predicted molar refractivity (Wildman–Crippen MR) is 71.5 cm³/mol. The first-order chi connectivity index (χ1) is 8.38. The van der Waals surface area contributed by atoms with Gasteiger partial charge < -0.3 is 15.7 Å². The number of hydrogen-bond donors (Lipinski definition) is 3. The van der Waals surface area contributed by atoms with Crippen LogP contribution in [0.25, 0.3) is 0 Å². The third-order valence-electron chi connectivity index (χ3n) is 2.84. The molecule has 18 heavy (non-hydrogen) atoms. The van der Waals surface area contributed by atoms with Gasteiger partial charge in [-0.1, -0.05) is 40.0 Å². The van der Waals surface area contributed by atoms with E-state index in [9.17, 15) is 9.59 Å². The zero-order chi connectivity index (χ0) is 14.1. The molecule has 0 fully saturated rings. The lowest BCUT2D eigenvalue weighted by atomic mass is 10.1. The van der Waals surface area contributed by atoms with Gasteiger partial charge in [0.25, 0.3) is 0 Å². The molecule has 3 N–H and O–H groups in total. The molecule has 0 saturated carbocycles. The van der Waals surface area contributed by atoms with Crippen LogP contribution in [0.5, 0.6) is 0 Å². The van der Waals surface area contributed by atoms with Crippen LogP contribution in [0.15, 0.2) is 0 Å². The first-order valence-electron chi connectivity index (χ1n) is 6.68. The molecule has 0 aliphatic rings. The lowest BCUT2D eigenvalue weighted by Crippen LogP contribution is -2.50. The minimum atomic E-state index is -1.00. The molecule has 2 amide bonds. The highest BCUT2D eigenvalue weighted by molar-refractivity contribution is 5.82. The molecule has 0 spiro atoms. The summed E-state index contributed by atoms with van der Waals surface area (Å²) in [4.78, 5) is 22.6. The number of carboxylic acid groups (broad SMARTS) is 1. The molecular formula is C13H26N2O3. The predicted octanol–water partition coefficient (Wildman–Crippen LogP) is 2.36. The van der Waals surface area contributed by atoms with Crippen molar-refractivity contribution in [2.24, 2.45) is 5.92 Å². The Bertz CT molecular complexity index is 267. The third kappa shape index (κ3) is 7.14. The molecule has 0 heterocycles. The lowest BCUT2D eigenvalue weighted by Gasteiger charge is -2.20. The molecule has 0 aromatic carbocycles. The number of carbonyl (C=O) groups excluding carboxylic acids is 1. The van der Waals surface area contributed by atoms with Gasteiger partial charge in [0.05, 0.1) is 0 Å². The maximum Gasteiger partial charge on any atom is 0.326 e. The van der Waals surface area contributed by atoms with Crippen LogP contribution in [-0.2, 0) is 4.79 Å². The number of urea groups is 1. The van der Waals surface area contributed by atoms with Crippen LogP contribution in [0, 0.1) is 5.92 Å². The van der Waals surface area contributed by atoms with E-state index >= 15 is 0 Å². The van der Waals surface area contributed by atoms with Gasteiger partial charge in [-0.05, 0) is 19.3 Å². The largest absolute Gasteiger partial charge is 0.480 e. The van der Waals surface area contributed by atoms with Crippen LogP contribution in [0.3, 0.4) is 0 Å². The van der Waals surface area contributed by atoms with E-state index in [2.05, 4.69) is 17.6 Å². The summed E-state index contributed by atoms with van der Waals surface area (Å²) < 4.78 is 0. The van der Waals surface area contributed by atoms with E-state index in [-0.39, 0.29) is 12.0 Å². The highest BCUT2D eigenvalue weighted by atomic mass is 16.4. The van der Waals surface area contributed by atoms with Crippen molar-refractivity contribution in [3.63, 3.8) is 0 Å². The summed E-state index contributed by atoms with van der Waals surface area (Å²) in [6, 6.07) is -1.17. The summed E-state index contributed by atoms with van der Waals surface area (Å²) in [5, 5.41) is 14.2. The van der Waals surface area contributed by atoms with Crippen molar-refractivity contribution in [3.05, 3.63) is 0 Å². The number of nitrogens with one attached hydrogen (secondary N) is 2. The quantitative estimate of drug-likeness (QED) is 0.585. The van der Waals surface area contributed by atoms with Crippen LogP contribution in [0.4, 0.5) is 4.79 Å². The summed E-state index contributed by atoms with van der Waals surface area (Å²) in [6.07, 6.45) is 4.29. The van der Waals surface area contributed by atoms with Crippen molar-refractivity contribution in [1.82, 2.24) is 10.6 Å². The van der Waals surface area contributed by atoms with Gasteiger partial charge in [-0.25, -0.2) is 9.59 Å². The van der Waals surface area contributed by atoms with Crippen molar-refractivity contribution < 1.29 is 14.7 Å². The standard InChI is InChI=1S/C13H26N2O3/c1-5-6-7-8-10(4)14-13(18)15-11(9(2)3)12(16)17/h9-11H,5-8H2,1-4H3,(H,16,17)(H2,14,15,18). The molecule has 2 atom stereocenters. The van der Waals surface area contributed by atoms with Gasteiger partial charge in [0, 0.05) is 6.04 Å². The van der Waals surface area contributed by atoms with E-state index in [1.54, 1.807) is 13.8 Å². The van der Waals surface area contributed by atoms with E-state index in [0.717, 1.165) is 25.7 Å². The lowest BCUT2D eigenvalue weighted by molar-refractivity contribution is -0.140. The number of rotatable bonds is 8. The Morgan fingerprint density at radius 1 is 1.11 bits per heavy atom. The van der Waals surface area contributed by atoms with Gasteiger partial charge in [-0.2, -0.15) is 0 Å². The number of carboxylic acids is 1. The van der Waals surface area contributed by atoms with Gasteiger partial charge in [-0.3, -0.25) is 0 Å². The van der Waals surface area contributed by atoms with Crippen LogP contribution in [-0.4, -0.2) is 29.2 Å². The SMILES string of the molecule is CCCCCC(C)NC(=O)NC(C(=O)O)C(C)C. The van der Waals surface area contributed by atoms with Crippen molar-refractivity contribution in [1.29, 1.82) is 0 Å². The van der Waals surface area contributed by atoms with E-state index in [0.29, 0.717) is 0 Å². The Kier molecular flexibility index (Phi) is 8.16.